The summed E-state index contributed by atoms with van der Waals surface area (Å²) < 4.78 is 16.5. The molecule has 0 amide bonds. The van der Waals surface area contributed by atoms with Gasteiger partial charge in [0.25, 0.3) is 0 Å². The van der Waals surface area contributed by atoms with E-state index in [2.05, 4.69) is 44.8 Å². The first-order valence-electron chi connectivity index (χ1n) is 9.94. The highest BCUT2D eigenvalue weighted by molar-refractivity contribution is 14.0. The Morgan fingerprint density at radius 1 is 1.13 bits per heavy atom. The van der Waals surface area contributed by atoms with Crippen LogP contribution in [0, 0.1) is 0 Å². The fourth-order valence-corrected chi connectivity index (χ4v) is 3.29. The Morgan fingerprint density at radius 2 is 1.90 bits per heavy atom. The van der Waals surface area contributed by atoms with Crippen LogP contribution in [0.1, 0.15) is 12.5 Å². The van der Waals surface area contributed by atoms with Crippen molar-refractivity contribution in [1.82, 2.24) is 5.32 Å². The van der Waals surface area contributed by atoms with Gasteiger partial charge < -0.3 is 29.7 Å². The van der Waals surface area contributed by atoms with Crippen LogP contribution in [0.2, 0.25) is 0 Å². The summed E-state index contributed by atoms with van der Waals surface area (Å²) in [6.07, 6.45) is 0. The molecule has 2 aromatic carbocycles. The predicted octanol–water partition coefficient (Wildman–Crippen LogP) is 3.74. The smallest absolute Gasteiger partial charge is 0.195 e. The lowest BCUT2D eigenvalue weighted by Crippen LogP contribution is -2.37. The van der Waals surface area contributed by atoms with Gasteiger partial charge in [-0.1, -0.05) is 18.2 Å². The number of nitrogens with one attached hydrogen (secondary N) is 2. The molecule has 7 nitrogen and oxygen atoms in total. The normalized spacial score (nSPS) is 14.0. The van der Waals surface area contributed by atoms with Gasteiger partial charge in [-0.25, -0.2) is 0 Å². The van der Waals surface area contributed by atoms with E-state index in [4.69, 9.17) is 14.2 Å². The van der Waals surface area contributed by atoms with Crippen molar-refractivity contribution in [2.24, 2.45) is 4.99 Å². The maximum Gasteiger partial charge on any atom is 0.195 e. The minimum absolute atomic E-state index is 0. The van der Waals surface area contributed by atoms with Crippen LogP contribution in [0.4, 0.5) is 11.4 Å². The molecular formula is C22H31IN4O3. The van der Waals surface area contributed by atoms with Crippen molar-refractivity contribution in [3.63, 3.8) is 0 Å². The molecule has 1 fully saturated rings. The van der Waals surface area contributed by atoms with E-state index in [-0.39, 0.29) is 24.0 Å². The number of anilines is 2. The molecule has 1 saturated heterocycles. The summed E-state index contributed by atoms with van der Waals surface area (Å²) in [5.41, 5.74) is 3.34. The second kappa shape index (κ2) is 12.5. The van der Waals surface area contributed by atoms with Gasteiger partial charge in [-0.3, -0.25) is 4.99 Å². The van der Waals surface area contributed by atoms with Crippen molar-refractivity contribution in [1.29, 1.82) is 0 Å². The monoisotopic (exact) mass is 526 g/mol. The number of rotatable bonds is 7. The Labute approximate surface area is 195 Å². The lowest BCUT2D eigenvalue weighted by atomic mass is 10.1. The fourth-order valence-electron chi connectivity index (χ4n) is 3.29. The van der Waals surface area contributed by atoms with Crippen molar-refractivity contribution in [2.45, 2.75) is 13.5 Å². The van der Waals surface area contributed by atoms with Crippen LogP contribution >= 0.6 is 24.0 Å². The van der Waals surface area contributed by atoms with Gasteiger partial charge >= 0.3 is 0 Å². The quantitative estimate of drug-likeness (QED) is 0.326. The molecule has 0 bridgehead atoms. The third-order valence-electron chi connectivity index (χ3n) is 4.74. The molecule has 8 heteroatoms. The number of guanidine groups is 1. The number of nitrogens with zero attached hydrogens (tertiary/aromatic N) is 2. The lowest BCUT2D eigenvalue weighted by Gasteiger charge is -2.30. The van der Waals surface area contributed by atoms with Crippen molar-refractivity contribution < 1.29 is 14.2 Å². The summed E-state index contributed by atoms with van der Waals surface area (Å²) >= 11 is 0. The van der Waals surface area contributed by atoms with Gasteiger partial charge in [0.05, 0.1) is 26.9 Å². The minimum atomic E-state index is 0. The number of para-hydroxylation sites is 1. The van der Waals surface area contributed by atoms with Gasteiger partial charge in [0, 0.05) is 44.1 Å². The molecule has 30 heavy (non-hydrogen) atoms. The fraction of sp³-hybridized carbons (Fsp3) is 0.409. The van der Waals surface area contributed by atoms with Crippen LogP contribution in [0.3, 0.4) is 0 Å². The molecule has 0 saturated carbocycles. The maximum absolute atomic E-state index is 5.65. The number of ether oxygens (including phenoxy) is 3. The van der Waals surface area contributed by atoms with E-state index in [9.17, 15) is 0 Å². The number of morpholine rings is 1. The zero-order valence-electron chi connectivity index (χ0n) is 17.8. The molecule has 0 spiro atoms. The Morgan fingerprint density at radius 3 is 2.60 bits per heavy atom. The molecule has 3 rings (SSSR count). The molecular weight excluding hydrogens is 495 g/mol. The van der Waals surface area contributed by atoms with E-state index in [1.54, 1.807) is 14.2 Å². The zero-order valence-corrected chi connectivity index (χ0v) is 20.1. The van der Waals surface area contributed by atoms with Crippen molar-refractivity contribution in [3.05, 3.63) is 48.0 Å². The summed E-state index contributed by atoms with van der Waals surface area (Å²) in [5, 5.41) is 6.72. The van der Waals surface area contributed by atoms with Crippen LogP contribution in [0.5, 0.6) is 11.5 Å². The second-order valence-corrected chi connectivity index (χ2v) is 6.58. The first-order chi connectivity index (χ1) is 14.2. The summed E-state index contributed by atoms with van der Waals surface area (Å²) in [6, 6.07) is 14.2. The Hall–Kier alpha value is -2.20. The van der Waals surface area contributed by atoms with Gasteiger partial charge in [0.15, 0.2) is 17.5 Å². The van der Waals surface area contributed by atoms with E-state index in [1.165, 1.54) is 11.3 Å². The lowest BCUT2D eigenvalue weighted by molar-refractivity contribution is 0.122. The standard InChI is InChI=1S/C22H30N4O3.HI/c1-4-29-21-15-18(9-10-20(21)27-3)25-22(23-2)24-16-17-7-5-6-8-19(17)26-11-13-28-14-12-26;/h5-10,15H,4,11-14,16H2,1-3H3,(H2,23,24,25);1H. The molecule has 1 aliphatic rings. The third-order valence-corrected chi connectivity index (χ3v) is 4.74. The van der Waals surface area contributed by atoms with Crippen LogP contribution in [-0.2, 0) is 11.3 Å². The van der Waals surface area contributed by atoms with E-state index in [0.717, 1.165) is 32.0 Å². The first kappa shape index (κ1) is 24.1. The summed E-state index contributed by atoms with van der Waals surface area (Å²) in [7, 11) is 3.40. The van der Waals surface area contributed by atoms with E-state index < -0.39 is 0 Å². The second-order valence-electron chi connectivity index (χ2n) is 6.58. The molecule has 0 unspecified atom stereocenters. The highest BCUT2D eigenvalue weighted by atomic mass is 127. The van der Waals surface area contributed by atoms with Crippen molar-refractivity contribution in [2.75, 3.05) is 57.3 Å². The van der Waals surface area contributed by atoms with Crippen LogP contribution in [0.25, 0.3) is 0 Å². The summed E-state index contributed by atoms with van der Waals surface area (Å²) in [6.45, 7) is 6.56. The van der Waals surface area contributed by atoms with E-state index in [1.807, 2.05) is 25.1 Å². The van der Waals surface area contributed by atoms with Gasteiger partial charge in [-0.05, 0) is 30.7 Å². The van der Waals surface area contributed by atoms with Gasteiger partial charge in [0.2, 0.25) is 0 Å². The highest BCUT2D eigenvalue weighted by Gasteiger charge is 2.14. The number of halogens is 1. The summed E-state index contributed by atoms with van der Waals surface area (Å²) in [4.78, 5) is 6.72. The van der Waals surface area contributed by atoms with Crippen LogP contribution < -0.4 is 25.0 Å². The summed E-state index contributed by atoms with van der Waals surface area (Å²) in [5.74, 6) is 2.10. The SMILES string of the molecule is CCOc1cc(NC(=NC)NCc2ccccc2N2CCOCC2)ccc1OC.I. The number of methoxy groups -OCH3 is 1. The molecule has 0 aliphatic carbocycles. The van der Waals surface area contributed by atoms with Crippen molar-refractivity contribution >= 4 is 41.3 Å². The minimum Gasteiger partial charge on any atom is -0.493 e. The molecule has 164 valence electrons. The van der Waals surface area contributed by atoms with Gasteiger partial charge in [-0.2, -0.15) is 0 Å². The highest BCUT2D eigenvalue weighted by Crippen LogP contribution is 2.30. The van der Waals surface area contributed by atoms with Gasteiger partial charge in [0.1, 0.15) is 0 Å². The molecule has 1 heterocycles. The predicted molar refractivity (Wildman–Crippen MR) is 133 cm³/mol. The number of hydrogen-bond acceptors (Lipinski definition) is 5. The average Bonchev–Trinajstić information content (AvgIpc) is 2.78. The molecule has 2 N–H and O–H groups in total. The Kier molecular flexibility index (Phi) is 10.0. The topological polar surface area (TPSA) is 67.4 Å². The average molecular weight is 526 g/mol. The van der Waals surface area contributed by atoms with E-state index >= 15 is 0 Å². The van der Waals surface area contributed by atoms with Crippen LogP contribution in [-0.4, -0.2) is 53.0 Å². The molecule has 2 aromatic rings. The number of benzene rings is 2. The molecule has 0 atom stereocenters. The molecule has 0 radical (unpaired) electrons. The number of aliphatic imine (C=N–C) groups is 1. The largest absolute Gasteiger partial charge is 0.493 e. The maximum atomic E-state index is 5.65. The molecule has 1 aliphatic heterocycles. The van der Waals surface area contributed by atoms with Crippen LogP contribution in [0.15, 0.2) is 47.5 Å². The zero-order chi connectivity index (χ0) is 20.5. The van der Waals surface area contributed by atoms with Crippen molar-refractivity contribution in [3.8, 4) is 11.5 Å². The third kappa shape index (κ3) is 6.40. The Balaban J connectivity index is 0.00000320. The first-order valence-corrected chi connectivity index (χ1v) is 9.94. The van der Waals surface area contributed by atoms with Gasteiger partial charge in [-0.15, -0.1) is 24.0 Å². The van der Waals surface area contributed by atoms with E-state index in [0.29, 0.717) is 30.6 Å². The Bertz CT molecular complexity index is 826. The molecule has 0 aromatic heterocycles. The number of hydrogen-bond donors (Lipinski definition) is 2.